The highest BCUT2D eigenvalue weighted by Gasteiger charge is 2.11. The van der Waals surface area contributed by atoms with Crippen LogP contribution < -0.4 is 15.4 Å². The maximum absolute atomic E-state index is 12.4. The number of nitrogens with one attached hydrogen (secondary N) is 2. The van der Waals surface area contributed by atoms with Crippen molar-refractivity contribution in [2.45, 2.75) is 6.92 Å². The van der Waals surface area contributed by atoms with Crippen LogP contribution in [0.5, 0.6) is 5.75 Å². The van der Waals surface area contributed by atoms with E-state index in [1.165, 1.54) is 0 Å². The third-order valence-electron chi connectivity index (χ3n) is 3.56. The van der Waals surface area contributed by atoms with E-state index in [1.54, 1.807) is 31.4 Å². The Morgan fingerprint density at radius 1 is 1.12 bits per heavy atom. The van der Waals surface area contributed by atoms with Gasteiger partial charge in [0, 0.05) is 20.6 Å². The smallest absolute Gasteiger partial charge is 0.323 e. The van der Waals surface area contributed by atoms with E-state index in [9.17, 15) is 4.79 Å². The van der Waals surface area contributed by atoms with Crippen LogP contribution in [0.1, 0.15) is 5.69 Å². The molecule has 3 rings (SSSR count). The van der Waals surface area contributed by atoms with Crippen LogP contribution in [0.25, 0.3) is 10.9 Å². The number of aryl methyl sites for hydroxylation is 1. The number of rotatable bonds is 3. The fraction of sp³-hybridized carbons (Fsp3) is 0.111. The average molecular weight is 421 g/mol. The summed E-state index contributed by atoms with van der Waals surface area (Å²) in [6, 6.07) is 12.2. The van der Waals surface area contributed by atoms with Crippen LogP contribution in [0.3, 0.4) is 0 Å². The van der Waals surface area contributed by atoms with Crippen molar-refractivity contribution in [2.24, 2.45) is 0 Å². The first-order valence-electron chi connectivity index (χ1n) is 7.45. The molecule has 0 aliphatic heterocycles. The molecule has 0 unspecified atom stereocenters. The standard InChI is InChI=1S/C18H15BrClN3O2/c1-10-7-14(13-5-4-12(20)9-15(13)21-10)22-18(24)23-16-8-11(19)3-6-17(16)25-2/h3-9H,1-2H3,(H2,21,22,23,24). The van der Waals surface area contributed by atoms with Gasteiger partial charge in [-0.05, 0) is 49.4 Å². The molecule has 1 heterocycles. The number of methoxy groups -OCH3 is 1. The molecule has 2 N–H and O–H groups in total. The highest BCUT2D eigenvalue weighted by molar-refractivity contribution is 9.10. The first kappa shape index (κ1) is 17.5. The lowest BCUT2D eigenvalue weighted by molar-refractivity contribution is 0.262. The zero-order valence-electron chi connectivity index (χ0n) is 13.6. The maximum atomic E-state index is 12.4. The van der Waals surface area contributed by atoms with E-state index in [4.69, 9.17) is 16.3 Å². The number of pyridine rings is 1. The predicted molar refractivity (Wildman–Crippen MR) is 105 cm³/mol. The van der Waals surface area contributed by atoms with E-state index >= 15 is 0 Å². The number of benzene rings is 2. The van der Waals surface area contributed by atoms with Gasteiger partial charge in [0.2, 0.25) is 0 Å². The highest BCUT2D eigenvalue weighted by atomic mass is 79.9. The molecule has 0 saturated carbocycles. The Morgan fingerprint density at radius 3 is 2.64 bits per heavy atom. The Kier molecular flexibility index (Phi) is 5.11. The van der Waals surface area contributed by atoms with E-state index in [1.807, 2.05) is 25.1 Å². The predicted octanol–water partition coefficient (Wildman–Crippen LogP) is 5.61. The van der Waals surface area contributed by atoms with Crippen molar-refractivity contribution in [1.82, 2.24) is 4.98 Å². The van der Waals surface area contributed by atoms with Gasteiger partial charge in [-0.1, -0.05) is 27.5 Å². The van der Waals surface area contributed by atoms with Gasteiger partial charge in [0.1, 0.15) is 5.75 Å². The van der Waals surface area contributed by atoms with Crippen LogP contribution in [0.4, 0.5) is 16.2 Å². The summed E-state index contributed by atoms with van der Waals surface area (Å²) in [5.74, 6) is 0.570. The van der Waals surface area contributed by atoms with Gasteiger partial charge in [-0.25, -0.2) is 4.79 Å². The fourth-order valence-corrected chi connectivity index (χ4v) is 3.02. The van der Waals surface area contributed by atoms with Crippen LogP contribution >= 0.6 is 27.5 Å². The molecule has 1 aromatic heterocycles. The number of carbonyl (C=O) groups excluding carboxylic acids is 1. The second-order valence-electron chi connectivity index (χ2n) is 5.40. The summed E-state index contributed by atoms with van der Waals surface area (Å²) in [7, 11) is 1.55. The number of ether oxygens (including phenoxy) is 1. The lowest BCUT2D eigenvalue weighted by Gasteiger charge is -2.13. The van der Waals surface area contributed by atoms with E-state index in [2.05, 4.69) is 31.5 Å². The molecule has 2 aromatic carbocycles. The maximum Gasteiger partial charge on any atom is 0.323 e. The SMILES string of the molecule is COc1ccc(Br)cc1NC(=O)Nc1cc(C)nc2cc(Cl)ccc12. The molecule has 0 aliphatic rings. The summed E-state index contributed by atoms with van der Waals surface area (Å²) in [6.07, 6.45) is 0. The topological polar surface area (TPSA) is 63.2 Å². The summed E-state index contributed by atoms with van der Waals surface area (Å²) in [4.78, 5) is 16.9. The highest BCUT2D eigenvalue weighted by Crippen LogP contribution is 2.29. The third kappa shape index (κ3) is 4.03. The van der Waals surface area contributed by atoms with Crippen LogP contribution in [0, 0.1) is 6.92 Å². The lowest BCUT2D eigenvalue weighted by atomic mass is 10.1. The normalized spacial score (nSPS) is 10.6. The van der Waals surface area contributed by atoms with Gasteiger partial charge < -0.3 is 15.4 Å². The lowest BCUT2D eigenvalue weighted by Crippen LogP contribution is -2.20. The molecule has 0 aliphatic carbocycles. The summed E-state index contributed by atoms with van der Waals surface area (Å²) in [5.41, 5.74) is 2.73. The van der Waals surface area contributed by atoms with Gasteiger partial charge in [0.05, 0.1) is 24.0 Å². The quantitative estimate of drug-likeness (QED) is 0.579. The van der Waals surface area contributed by atoms with Gasteiger partial charge in [-0.2, -0.15) is 0 Å². The van der Waals surface area contributed by atoms with Gasteiger partial charge in [-0.15, -0.1) is 0 Å². The molecule has 0 spiro atoms. The summed E-state index contributed by atoms with van der Waals surface area (Å²) >= 11 is 9.41. The minimum Gasteiger partial charge on any atom is -0.495 e. The molecule has 0 bridgehead atoms. The average Bonchev–Trinajstić information content (AvgIpc) is 2.54. The fourth-order valence-electron chi connectivity index (χ4n) is 2.49. The third-order valence-corrected chi connectivity index (χ3v) is 4.29. The molecule has 0 fully saturated rings. The minimum atomic E-state index is -0.377. The van der Waals surface area contributed by atoms with Crippen LogP contribution in [-0.4, -0.2) is 18.1 Å². The van der Waals surface area contributed by atoms with Gasteiger partial charge in [-0.3, -0.25) is 4.98 Å². The van der Waals surface area contributed by atoms with Crippen molar-refractivity contribution in [1.29, 1.82) is 0 Å². The van der Waals surface area contributed by atoms with Crippen molar-refractivity contribution in [3.63, 3.8) is 0 Å². The van der Waals surface area contributed by atoms with Gasteiger partial charge >= 0.3 is 6.03 Å². The molecule has 25 heavy (non-hydrogen) atoms. The van der Waals surface area contributed by atoms with Crippen molar-refractivity contribution >= 4 is 55.8 Å². The number of hydrogen-bond donors (Lipinski definition) is 2. The van der Waals surface area contributed by atoms with Crippen molar-refractivity contribution in [3.05, 3.63) is 57.7 Å². The molecule has 0 radical (unpaired) electrons. The number of anilines is 2. The molecule has 0 saturated heterocycles. The van der Waals surface area contributed by atoms with Crippen molar-refractivity contribution in [2.75, 3.05) is 17.7 Å². The number of fused-ring (bicyclic) bond motifs is 1. The van der Waals surface area contributed by atoms with Crippen LogP contribution in [0.2, 0.25) is 5.02 Å². The monoisotopic (exact) mass is 419 g/mol. The minimum absolute atomic E-state index is 0.377. The van der Waals surface area contributed by atoms with Crippen molar-refractivity contribution in [3.8, 4) is 5.75 Å². The molecular formula is C18H15BrClN3O2. The van der Waals surface area contributed by atoms with Crippen molar-refractivity contribution < 1.29 is 9.53 Å². The first-order valence-corrected chi connectivity index (χ1v) is 8.62. The zero-order chi connectivity index (χ0) is 18.0. The Hall–Kier alpha value is -2.31. The van der Waals surface area contributed by atoms with E-state index < -0.39 is 0 Å². The number of aromatic nitrogens is 1. The Bertz CT molecular complexity index is 957. The van der Waals surface area contributed by atoms with E-state index in [-0.39, 0.29) is 6.03 Å². The molecule has 3 aromatic rings. The van der Waals surface area contributed by atoms with Gasteiger partial charge in [0.25, 0.3) is 0 Å². The number of hydrogen-bond acceptors (Lipinski definition) is 3. The molecule has 7 heteroatoms. The Labute approximate surface area is 158 Å². The summed E-state index contributed by atoms with van der Waals surface area (Å²) in [5, 5.41) is 7.06. The van der Waals surface area contributed by atoms with Gasteiger partial charge in [0.15, 0.2) is 0 Å². The largest absolute Gasteiger partial charge is 0.495 e. The van der Waals surface area contributed by atoms with Crippen LogP contribution in [0.15, 0.2) is 46.9 Å². The second kappa shape index (κ2) is 7.29. The molecule has 2 amide bonds. The number of amides is 2. The van der Waals surface area contributed by atoms with E-state index in [0.717, 1.165) is 21.1 Å². The molecule has 5 nitrogen and oxygen atoms in total. The molecule has 0 atom stereocenters. The second-order valence-corrected chi connectivity index (χ2v) is 6.75. The van der Waals surface area contributed by atoms with Crippen LogP contribution in [-0.2, 0) is 0 Å². The Morgan fingerprint density at radius 2 is 1.88 bits per heavy atom. The summed E-state index contributed by atoms with van der Waals surface area (Å²) in [6.45, 7) is 1.86. The molecular weight excluding hydrogens is 406 g/mol. The number of urea groups is 1. The first-order chi connectivity index (χ1) is 12.0. The summed E-state index contributed by atoms with van der Waals surface area (Å²) < 4.78 is 6.10. The number of carbonyl (C=O) groups is 1. The number of halogens is 2. The molecule has 128 valence electrons. The van der Waals surface area contributed by atoms with E-state index in [0.29, 0.717) is 22.1 Å². The Balaban J connectivity index is 1.89. The zero-order valence-corrected chi connectivity index (χ0v) is 15.9. The number of nitrogens with zero attached hydrogens (tertiary/aromatic N) is 1.